The van der Waals surface area contributed by atoms with Gasteiger partial charge in [-0.05, 0) is 25.0 Å². The Balaban J connectivity index is 1.48. The van der Waals surface area contributed by atoms with Crippen LogP contribution in [0.2, 0.25) is 5.02 Å². The van der Waals surface area contributed by atoms with Gasteiger partial charge < -0.3 is 14.5 Å². The van der Waals surface area contributed by atoms with Crippen LogP contribution in [-0.2, 0) is 4.74 Å². The van der Waals surface area contributed by atoms with Gasteiger partial charge in [-0.15, -0.1) is 0 Å². The first-order valence-corrected chi connectivity index (χ1v) is 9.44. The second-order valence-corrected chi connectivity index (χ2v) is 7.12. The summed E-state index contributed by atoms with van der Waals surface area (Å²) in [7, 11) is 0. The molecule has 1 aromatic heterocycles. The van der Waals surface area contributed by atoms with Gasteiger partial charge in [0.15, 0.2) is 11.6 Å². The predicted octanol–water partition coefficient (Wildman–Crippen LogP) is 3.49. The molecule has 0 radical (unpaired) electrons. The number of para-hydroxylation sites is 1. The van der Waals surface area contributed by atoms with Crippen molar-refractivity contribution >= 4 is 23.1 Å². The highest BCUT2D eigenvalue weighted by Crippen LogP contribution is 2.31. The average molecular weight is 377 g/mol. The number of rotatable bonds is 3. The molecule has 2 aliphatic heterocycles. The molecular weight excluding hydrogens is 355 g/mol. The van der Waals surface area contributed by atoms with Gasteiger partial charge in [-0.2, -0.15) is 0 Å². The van der Waals surface area contributed by atoms with Crippen LogP contribution in [0.15, 0.2) is 30.6 Å². The fourth-order valence-corrected chi connectivity index (χ4v) is 3.97. The molecule has 2 aliphatic rings. The molecular formula is C19H22ClFN4O. The summed E-state index contributed by atoms with van der Waals surface area (Å²) in [4.78, 5) is 12.7. The number of hydrogen-bond donors (Lipinski definition) is 0. The minimum Gasteiger partial charge on any atom is -0.381 e. The zero-order valence-corrected chi connectivity index (χ0v) is 15.3. The third kappa shape index (κ3) is 3.48. The third-order valence-corrected chi connectivity index (χ3v) is 5.50. The van der Waals surface area contributed by atoms with Crippen molar-refractivity contribution in [1.82, 2.24) is 9.97 Å². The highest BCUT2D eigenvalue weighted by atomic mass is 35.5. The minimum absolute atomic E-state index is 0.120. The maximum absolute atomic E-state index is 15.1. The van der Waals surface area contributed by atoms with Crippen molar-refractivity contribution < 1.29 is 9.13 Å². The number of anilines is 2. The van der Waals surface area contributed by atoms with Gasteiger partial charge in [-0.3, -0.25) is 0 Å². The molecule has 3 heterocycles. The Bertz CT molecular complexity index is 761. The summed E-state index contributed by atoms with van der Waals surface area (Å²) >= 11 is 6.30. The molecule has 0 aliphatic carbocycles. The van der Waals surface area contributed by atoms with E-state index in [-0.39, 0.29) is 11.7 Å². The normalized spacial score (nSPS) is 19.0. The van der Waals surface area contributed by atoms with Gasteiger partial charge in [0.2, 0.25) is 0 Å². The van der Waals surface area contributed by atoms with Crippen LogP contribution in [0.1, 0.15) is 24.5 Å². The quantitative estimate of drug-likeness (QED) is 0.820. The van der Waals surface area contributed by atoms with Gasteiger partial charge in [0.1, 0.15) is 6.33 Å². The van der Waals surface area contributed by atoms with E-state index < -0.39 is 0 Å². The Hall–Kier alpha value is -1.92. The number of benzene rings is 1. The minimum atomic E-state index is -0.273. The highest BCUT2D eigenvalue weighted by Gasteiger charge is 2.27. The Morgan fingerprint density at radius 3 is 2.42 bits per heavy atom. The van der Waals surface area contributed by atoms with Gasteiger partial charge in [-0.25, -0.2) is 14.4 Å². The summed E-state index contributed by atoms with van der Waals surface area (Å²) in [6, 6.07) is 7.83. The summed E-state index contributed by atoms with van der Waals surface area (Å²) in [5.74, 6) is 0.265. The topological polar surface area (TPSA) is 41.5 Å². The van der Waals surface area contributed by atoms with E-state index in [4.69, 9.17) is 16.3 Å². The number of aromatic nitrogens is 2. The number of piperazine rings is 1. The lowest BCUT2D eigenvalue weighted by Crippen LogP contribution is -2.47. The van der Waals surface area contributed by atoms with E-state index >= 15 is 4.39 Å². The molecule has 7 heteroatoms. The molecule has 138 valence electrons. The van der Waals surface area contributed by atoms with Gasteiger partial charge in [0, 0.05) is 45.3 Å². The molecule has 0 amide bonds. The van der Waals surface area contributed by atoms with E-state index in [0.29, 0.717) is 37.8 Å². The summed E-state index contributed by atoms with van der Waals surface area (Å²) in [6.07, 6.45) is 3.12. The lowest BCUT2D eigenvalue weighted by atomic mass is 9.96. The van der Waals surface area contributed by atoms with Crippen molar-refractivity contribution in [2.24, 2.45) is 0 Å². The molecule has 0 unspecified atom stereocenters. The average Bonchev–Trinajstić information content (AvgIpc) is 2.69. The Labute approximate surface area is 157 Å². The summed E-state index contributed by atoms with van der Waals surface area (Å²) in [5, 5.41) is 0.746. The zero-order valence-electron chi connectivity index (χ0n) is 14.6. The number of hydrogen-bond acceptors (Lipinski definition) is 5. The van der Waals surface area contributed by atoms with Gasteiger partial charge in [0.05, 0.1) is 16.4 Å². The zero-order chi connectivity index (χ0) is 17.9. The molecule has 5 nitrogen and oxygen atoms in total. The van der Waals surface area contributed by atoms with Crippen molar-refractivity contribution in [2.75, 3.05) is 49.2 Å². The maximum Gasteiger partial charge on any atom is 0.187 e. The first kappa shape index (κ1) is 17.5. The van der Waals surface area contributed by atoms with E-state index in [9.17, 15) is 0 Å². The summed E-state index contributed by atoms with van der Waals surface area (Å²) in [5.41, 5.74) is 1.56. The van der Waals surface area contributed by atoms with Crippen molar-refractivity contribution in [1.29, 1.82) is 0 Å². The van der Waals surface area contributed by atoms with E-state index in [1.807, 2.05) is 29.2 Å². The standard InChI is InChI=1S/C19H22ClFN4O/c20-15-3-1-2-4-16(15)24-7-9-25(10-8-24)19-17(21)18(22-13-23-19)14-5-11-26-12-6-14/h1-4,13-14H,5-12H2. The van der Waals surface area contributed by atoms with E-state index in [1.54, 1.807) is 0 Å². The van der Waals surface area contributed by atoms with E-state index in [1.165, 1.54) is 6.33 Å². The molecule has 1 aromatic carbocycles. The molecule has 2 fully saturated rings. The molecule has 0 N–H and O–H groups in total. The van der Waals surface area contributed by atoms with Crippen molar-refractivity contribution in [3.63, 3.8) is 0 Å². The van der Waals surface area contributed by atoms with Crippen LogP contribution >= 0.6 is 11.6 Å². The highest BCUT2D eigenvalue weighted by molar-refractivity contribution is 6.33. The Kier molecular flexibility index (Phi) is 5.22. The van der Waals surface area contributed by atoms with Gasteiger partial charge >= 0.3 is 0 Å². The second kappa shape index (κ2) is 7.76. The van der Waals surface area contributed by atoms with E-state index in [2.05, 4.69) is 14.9 Å². The SMILES string of the molecule is Fc1c(C2CCOCC2)ncnc1N1CCN(c2ccccc2Cl)CC1. The third-order valence-electron chi connectivity index (χ3n) is 5.18. The Morgan fingerprint density at radius 2 is 1.69 bits per heavy atom. The lowest BCUT2D eigenvalue weighted by molar-refractivity contribution is 0.0836. The first-order valence-electron chi connectivity index (χ1n) is 9.06. The second-order valence-electron chi connectivity index (χ2n) is 6.71. The molecule has 0 atom stereocenters. The first-order chi connectivity index (χ1) is 12.7. The molecule has 2 saturated heterocycles. The molecule has 0 spiro atoms. The van der Waals surface area contributed by atoms with Crippen LogP contribution in [0.25, 0.3) is 0 Å². The molecule has 2 aromatic rings. The largest absolute Gasteiger partial charge is 0.381 e. The van der Waals surface area contributed by atoms with Crippen LogP contribution in [0, 0.1) is 5.82 Å². The van der Waals surface area contributed by atoms with Crippen LogP contribution in [0.5, 0.6) is 0 Å². The molecule has 26 heavy (non-hydrogen) atoms. The van der Waals surface area contributed by atoms with Crippen molar-refractivity contribution in [3.05, 3.63) is 47.1 Å². The number of ether oxygens (including phenoxy) is 1. The fourth-order valence-electron chi connectivity index (χ4n) is 3.72. The Morgan fingerprint density at radius 1 is 1.00 bits per heavy atom. The lowest BCUT2D eigenvalue weighted by Gasteiger charge is -2.37. The fraction of sp³-hybridized carbons (Fsp3) is 0.474. The van der Waals surface area contributed by atoms with Gasteiger partial charge in [-0.1, -0.05) is 23.7 Å². The monoisotopic (exact) mass is 376 g/mol. The summed E-state index contributed by atoms with van der Waals surface area (Å²) < 4.78 is 20.5. The summed E-state index contributed by atoms with van der Waals surface area (Å²) in [6.45, 7) is 4.29. The maximum atomic E-state index is 15.1. The number of nitrogens with zero attached hydrogens (tertiary/aromatic N) is 4. The van der Waals surface area contributed by atoms with E-state index in [0.717, 1.165) is 36.6 Å². The van der Waals surface area contributed by atoms with Crippen LogP contribution in [0.3, 0.4) is 0 Å². The molecule has 0 bridgehead atoms. The van der Waals surface area contributed by atoms with Gasteiger partial charge in [0.25, 0.3) is 0 Å². The van der Waals surface area contributed by atoms with Crippen LogP contribution in [0.4, 0.5) is 15.9 Å². The molecule has 4 rings (SSSR count). The predicted molar refractivity (Wildman–Crippen MR) is 101 cm³/mol. The van der Waals surface area contributed by atoms with Crippen molar-refractivity contribution in [2.45, 2.75) is 18.8 Å². The van der Waals surface area contributed by atoms with Crippen LogP contribution < -0.4 is 9.80 Å². The number of halogens is 2. The smallest absolute Gasteiger partial charge is 0.187 e. The van der Waals surface area contributed by atoms with Crippen molar-refractivity contribution in [3.8, 4) is 0 Å². The van der Waals surface area contributed by atoms with Crippen LogP contribution in [-0.4, -0.2) is 49.4 Å². The molecule has 0 saturated carbocycles.